The van der Waals surface area contributed by atoms with Gasteiger partial charge in [-0.15, -0.1) is 0 Å². The first-order valence-corrected chi connectivity index (χ1v) is 6.99. The summed E-state index contributed by atoms with van der Waals surface area (Å²) in [7, 11) is 0. The zero-order chi connectivity index (χ0) is 15.5. The molecule has 0 amide bonds. The molecule has 7 heteroatoms. The Morgan fingerprint density at radius 3 is 2.76 bits per heavy atom. The highest BCUT2D eigenvalue weighted by atomic mass is 32.1. The van der Waals surface area contributed by atoms with Gasteiger partial charge < -0.3 is 15.2 Å². The Morgan fingerprint density at radius 1 is 1.43 bits per heavy atom. The summed E-state index contributed by atoms with van der Waals surface area (Å²) in [6.07, 6.45) is 2.59. The van der Waals surface area contributed by atoms with Crippen molar-refractivity contribution in [2.75, 3.05) is 13.2 Å². The van der Waals surface area contributed by atoms with E-state index in [0.717, 1.165) is 11.3 Å². The molecule has 0 radical (unpaired) electrons. The Bertz CT molecular complexity index is 489. The lowest BCUT2D eigenvalue weighted by atomic mass is 10.2. The molecule has 0 bridgehead atoms. The lowest BCUT2D eigenvalue weighted by Gasteiger charge is -2.06. The van der Waals surface area contributed by atoms with Crippen molar-refractivity contribution >= 4 is 29.5 Å². The quantitative estimate of drug-likeness (QED) is 0.249. The molecule has 0 unspecified atom stereocenters. The third-order valence-corrected chi connectivity index (χ3v) is 2.46. The van der Waals surface area contributed by atoms with E-state index in [1.54, 1.807) is 13.1 Å². The molecule has 114 valence electrons. The van der Waals surface area contributed by atoms with Crippen molar-refractivity contribution in [2.24, 2.45) is 10.8 Å². The zero-order valence-corrected chi connectivity index (χ0v) is 12.7. The van der Waals surface area contributed by atoms with E-state index in [4.69, 9.17) is 15.2 Å². The number of nitrogens with zero attached hydrogens (tertiary/aromatic N) is 1. The molecule has 0 fully saturated rings. The molecule has 21 heavy (non-hydrogen) atoms. The summed E-state index contributed by atoms with van der Waals surface area (Å²) in [5.41, 5.74) is 8.60. The van der Waals surface area contributed by atoms with Crippen molar-refractivity contribution in [2.45, 2.75) is 19.8 Å². The van der Waals surface area contributed by atoms with E-state index in [2.05, 4.69) is 22.7 Å². The van der Waals surface area contributed by atoms with E-state index >= 15 is 0 Å². The standard InChI is InChI=1S/C14H19N3O3S/c1-2-19-13(18)4-3-9-20-12-7-5-11(6-8-12)10-16-17-14(15)21/h5-8,10H,2-4,9H2,1H3,(H3,15,17,21). The van der Waals surface area contributed by atoms with Crippen LogP contribution < -0.4 is 15.9 Å². The van der Waals surface area contributed by atoms with Gasteiger partial charge in [0.1, 0.15) is 5.75 Å². The molecule has 0 saturated carbocycles. The number of nitrogens with two attached hydrogens (primary N) is 1. The highest BCUT2D eigenvalue weighted by Crippen LogP contribution is 2.11. The lowest BCUT2D eigenvalue weighted by molar-refractivity contribution is -0.143. The molecule has 1 aromatic rings. The second-order valence-electron chi connectivity index (χ2n) is 4.06. The fourth-order valence-electron chi connectivity index (χ4n) is 1.46. The van der Waals surface area contributed by atoms with Crippen molar-refractivity contribution in [1.82, 2.24) is 5.43 Å². The molecular weight excluding hydrogens is 290 g/mol. The molecule has 0 heterocycles. The number of benzene rings is 1. The second kappa shape index (κ2) is 9.71. The van der Waals surface area contributed by atoms with Crippen LogP contribution in [0.2, 0.25) is 0 Å². The third-order valence-electron chi connectivity index (χ3n) is 2.37. The summed E-state index contributed by atoms with van der Waals surface area (Å²) < 4.78 is 10.4. The van der Waals surface area contributed by atoms with Gasteiger partial charge in [-0.05, 0) is 55.4 Å². The number of ether oxygens (including phenoxy) is 2. The number of hydrogen-bond acceptors (Lipinski definition) is 5. The van der Waals surface area contributed by atoms with Crippen LogP contribution in [0.3, 0.4) is 0 Å². The van der Waals surface area contributed by atoms with Crippen LogP contribution in [-0.4, -0.2) is 30.5 Å². The third kappa shape index (κ3) is 7.88. The summed E-state index contributed by atoms with van der Waals surface area (Å²) in [5.74, 6) is 0.538. The first kappa shape index (κ1) is 16.9. The van der Waals surface area contributed by atoms with Crippen molar-refractivity contribution in [3.8, 4) is 5.75 Å². The molecule has 0 saturated heterocycles. The Kier molecular flexibility index (Phi) is 7.81. The van der Waals surface area contributed by atoms with Crippen LogP contribution >= 0.6 is 12.2 Å². The SMILES string of the molecule is CCOC(=O)CCCOc1ccc(C=NNC(N)=S)cc1. The second-order valence-corrected chi connectivity index (χ2v) is 4.50. The fraction of sp³-hybridized carbons (Fsp3) is 0.357. The Morgan fingerprint density at radius 2 is 2.14 bits per heavy atom. The minimum atomic E-state index is -0.196. The first-order valence-electron chi connectivity index (χ1n) is 6.59. The van der Waals surface area contributed by atoms with Crippen LogP contribution in [0.4, 0.5) is 0 Å². The van der Waals surface area contributed by atoms with Gasteiger partial charge in [-0.2, -0.15) is 5.10 Å². The number of thiocarbonyl (C=S) groups is 1. The van der Waals surface area contributed by atoms with E-state index in [0.29, 0.717) is 26.1 Å². The van der Waals surface area contributed by atoms with Crippen LogP contribution in [0.25, 0.3) is 0 Å². The van der Waals surface area contributed by atoms with E-state index in [1.165, 1.54) is 0 Å². The number of carbonyl (C=O) groups excluding carboxylic acids is 1. The number of rotatable bonds is 8. The monoisotopic (exact) mass is 309 g/mol. The van der Waals surface area contributed by atoms with Gasteiger partial charge in [-0.1, -0.05) is 0 Å². The maximum atomic E-state index is 11.1. The fourth-order valence-corrected chi connectivity index (χ4v) is 1.51. The minimum Gasteiger partial charge on any atom is -0.494 e. The van der Waals surface area contributed by atoms with Crippen LogP contribution in [0.5, 0.6) is 5.75 Å². The number of hydrogen-bond donors (Lipinski definition) is 2. The molecule has 0 aliphatic rings. The average Bonchev–Trinajstić information content (AvgIpc) is 2.45. The van der Waals surface area contributed by atoms with E-state index in [9.17, 15) is 4.79 Å². The molecule has 0 aromatic heterocycles. The van der Waals surface area contributed by atoms with Gasteiger partial charge in [0.15, 0.2) is 5.11 Å². The van der Waals surface area contributed by atoms with Gasteiger partial charge in [-0.25, -0.2) is 0 Å². The lowest BCUT2D eigenvalue weighted by Crippen LogP contribution is -2.23. The molecular formula is C14H19N3O3S. The molecule has 0 atom stereocenters. The van der Waals surface area contributed by atoms with Crippen LogP contribution in [0, 0.1) is 0 Å². The molecule has 0 spiro atoms. The molecule has 6 nitrogen and oxygen atoms in total. The highest BCUT2D eigenvalue weighted by molar-refractivity contribution is 7.80. The molecule has 0 aliphatic heterocycles. The molecule has 1 rings (SSSR count). The highest BCUT2D eigenvalue weighted by Gasteiger charge is 2.01. The van der Waals surface area contributed by atoms with Crippen molar-refractivity contribution in [3.05, 3.63) is 29.8 Å². The summed E-state index contributed by atoms with van der Waals surface area (Å²) in [6.45, 7) is 2.66. The molecule has 3 N–H and O–H groups in total. The van der Waals surface area contributed by atoms with Crippen molar-refractivity contribution < 1.29 is 14.3 Å². The number of carbonyl (C=O) groups is 1. The minimum absolute atomic E-state index is 0.118. The van der Waals surface area contributed by atoms with Gasteiger partial charge in [0, 0.05) is 6.42 Å². The predicted octanol–water partition coefficient (Wildman–Crippen LogP) is 1.58. The topological polar surface area (TPSA) is 85.9 Å². The van der Waals surface area contributed by atoms with Crippen molar-refractivity contribution in [3.63, 3.8) is 0 Å². The Hall–Kier alpha value is -2.15. The smallest absolute Gasteiger partial charge is 0.305 e. The van der Waals surface area contributed by atoms with Crippen LogP contribution in [0.1, 0.15) is 25.3 Å². The summed E-state index contributed by atoms with van der Waals surface area (Å²) in [4.78, 5) is 11.1. The zero-order valence-electron chi connectivity index (χ0n) is 11.9. The normalized spacial score (nSPS) is 10.3. The molecule has 0 aliphatic carbocycles. The largest absolute Gasteiger partial charge is 0.494 e. The molecule has 1 aromatic carbocycles. The van der Waals surface area contributed by atoms with E-state index < -0.39 is 0 Å². The van der Waals surface area contributed by atoms with E-state index in [1.807, 2.05) is 24.3 Å². The van der Waals surface area contributed by atoms with E-state index in [-0.39, 0.29) is 11.1 Å². The van der Waals surface area contributed by atoms with Gasteiger partial charge in [0.05, 0.1) is 19.4 Å². The van der Waals surface area contributed by atoms with Gasteiger partial charge in [0.25, 0.3) is 0 Å². The maximum Gasteiger partial charge on any atom is 0.305 e. The van der Waals surface area contributed by atoms with Gasteiger partial charge in [0.2, 0.25) is 0 Å². The number of hydrazone groups is 1. The van der Waals surface area contributed by atoms with Crippen LogP contribution in [-0.2, 0) is 9.53 Å². The Labute approximate surface area is 129 Å². The maximum absolute atomic E-state index is 11.1. The predicted molar refractivity (Wildman–Crippen MR) is 85.3 cm³/mol. The van der Waals surface area contributed by atoms with Gasteiger partial charge >= 0.3 is 5.97 Å². The summed E-state index contributed by atoms with van der Waals surface area (Å²) >= 11 is 4.63. The van der Waals surface area contributed by atoms with Crippen molar-refractivity contribution in [1.29, 1.82) is 0 Å². The number of esters is 1. The Balaban J connectivity index is 2.29. The average molecular weight is 309 g/mol. The van der Waals surface area contributed by atoms with Gasteiger partial charge in [-0.3, -0.25) is 10.2 Å². The van der Waals surface area contributed by atoms with Crippen LogP contribution in [0.15, 0.2) is 29.4 Å². The summed E-state index contributed by atoms with van der Waals surface area (Å²) in [5, 5.41) is 3.97. The number of nitrogens with one attached hydrogen (secondary N) is 1. The summed E-state index contributed by atoms with van der Waals surface area (Å²) in [6, 6.07) is 7.36. The first-order chi connectivity index (χ1) is 10.1.